The van der Waals surface area contributed by atoms with Crippen molar-refractivity contribution in [3.05, 3.63) is 92.6 Å². The Morgan fingerprint density at radius 3 is 1.98 bits per heavy atom. The number of fused-ring (bicyclic) bond motifs is 1. The van der Waals surface area contributed by atoms with E-state index < -0.39 is 52.8 Å². The molecule has 1 amide bonds. The van der Waals surface area contributed by atoms with Crippen molar-refractivity contribution in [2.75, 3.05) is 13.1 Å². The lowest BCUT2D eigenvalue weighted by Crippen LogP contribution is -2.74. The molecule has 4 aromatic rings. The van der Waals surface area contributed by atoms with Crippen LogP contribution >= 0.6 is 11.8 Å². The fourth-order valence-corrected chi connectivity index (χ4v) is 7.77. The van der Waals surface area contributed by atoms with E-state index in [4.69, 9.17) is 62.8 Å². The molecule has 55 heavy (non-hydrogen) atoms. The maximum Gasteiger partial charge on any atom is 0.416 e. The fraction of sp³-hybridized carbons (Fsp3) is 0.361. The lowest BCUT2D eigenvalue weighted by atomic mass is 9.36. The predicted molar refractivity (Wildman–Crippen MR) is 217 cm³/mol. The van der Waals surface area contributed by atoms with Crippen molar-refractivity contribution in [1.29, 1.82) is 0 Å². The van der Waals surface area contributed by atoms with Crippen LogP contribution in [0.2, 0.25) is 0 Å². The van der Waals surface area contributed by atoms with Gasteiger partial charge in [0.2, 0.25) is 5.91 Å². The molecule has 3 aromatic carbocycles. The van der Waals surface area contributed by atoms with Crippen molar-refractivity contribution in [3.63, 3.8) is 0 Å². The molecule has 1 aliphatic rings. The standard InChI is InChI=1S/C36H30B8F4N4O2S/c1-3-50(4-2)35(41,42)36(43,44)52(16-24-28(37)30(39)27(31(40)29(24)38)20-10-12-21(13-11-20)34(46,47)48)26(53)17-51-25-7-5-6-23(25)32(54)49-33(51)55-18-19-8-14-22(45)15-9-19/h8-15H,3-7,16-18H2,1-2H3. The van der Waals surface area contributed by atoms with Crippen LogP contribution in [-0.2, 0) is 42.7 Å². The topological polar surface area (TPSA) is 58.4 Å². The number of hydrogen-bond acceptors (Lipinski definition) is 5. The molecular formula is C36H30B8F4N4O2S. The Labute approximate surface area is 333 Å². The Bertz CT molecular complexity index is 2100. The van der Waals surface area contributed by atoms with Gasteiger partial charge in [-0.05, 0) is 89.5 Å². The molecule has 0 spiro atoms. The third-order valence-corrected chi connectivity index (χ3v) is 11.1. The van der Waals surface area contributed by atoms with Crippen LogP contribution in [0.4, 0.5) is 17.6 Å². The van der Waals surface area contributed by atoms with E-state index in [1.807, 2.05) is 0 Å². The highest BCUT2D eigenvalue weighted by Gasteiger charge is 2.45. The number of nitrogens with zero attached hydrogens (tertiary/aromatic N) is 4. The molecule has 1 aliphatic carbocycles. The molecule has 0 fully saturated rings. The summed E-state index contributed by atoms with van der Waals surface area (Å²) in [6.07, 6.45) is -2.98. The summed E-state index contributed by atoms with van der Waals surface area (Å²) in [5.74, 6) is -0.823. The van der Waals surface area contributed by atoms with Gasteiger partial charge in [-0.3, -0.25) is 9.59 Å². The van der Waals surface area contributed by atoms with Gasteiger partial charge >= 0.3 is 6.18 Å². The molecule has 5 rings (SSSR count). The predicted octanol–water partition coefficient (Wildman–Crippen LogP) is 0.377. The molecule has 264 valence electrons. The fourth-order valence-electron chi connectivity index (χ4n) is 6.80. The third kappa shape index (κ3) is 8.48. The van der Waals surface area contributed by atoms with Crippen LogP contribution in [0, 0.1) is 5.82 Å². The van der Waals surface area contributed by atoms with Gasteiger partial charge in [-0.1, -0.05) is 71.7 Å². The van der Waals surface area contributed by atoms with Crippen molar-refractivity contribution in [2.45, 2.75) is 74.0 Å². The molecule has 0 saturated heterocycles. The zero-order valence-corrected chi connectivity index (χ0v) is 31.2. The summed E-state index contributed by atoms with van der Waals surface area (Å²) in [5.41, 5.74) is 0.346. The zero-order valence-electron chi connectivity index (χ0n) is 30.4. The maximum atomic E-state index is 14.8. The minimum absolute atomic E-state index is 0.0313. The first-order valence-electron chi connectivity index (χ1n) is 17.4. The zero-order chi connectivity index (χ0) is 40.6. The van der Waals surface area contributed by atoms with Gasteiger partial charge in [0.15, 0.2) is 5.16 Å². The summed E-state index contributed by atoms with van der Waals surface area (Å²) in [4.78, 5) is 34.8. The van der Waals surface area contributed by atoms with Crippen molar-refractivity contribution >= 4 is 102 Å². The average Bonchev–Trinajstić information content (AvgIpc) is 3.63. The summed E-state index contributed by atoms with van der Waals surface area (Å²) in [6, 6.07) is 9.96. The SMILES string of the molecule is [B]c1c([B])c(-c2ccc(C(F)(F)F)cc2)c([B])c([B])c1CN(C(=O)Cn1c(SCc2ccc(F)cc2)nc(=O)c2c1CCC2)C([B])([B])C([B])([B])N(CC)CC. The Balaban J connectivity index is 1.61. The first-order chi connectivity index (χ1) is 25.7. The van der Waals surface area contributed by atoms with Crippen molar-refractivity contribution in [3.8, 4) is 11.1 Å². The van der Waals surface area contributed by atoms with Gasteiger partial charge in [-0.15, -0.1) is 0 Å². The number of hydrogen-bond donors (Lipinski definition) is 0. The van der Waals surface area contributed by atoms with Gasteiger partial charge in [0, 0.05) is 23.6 Å². The molecule has 0 unspecified atom stereocenters. The van der Waals surface area contributed by atoms with Crippen LogP contribution in [0.3, 0.4) is 0 Å². The normalized spacial score (nSPS) is 13.3. The number of thioether (sulfide) groups is 1. The highest BCUT2D eigenvalue weighted by atomic mass is 32.2. The highest BCUT2D eigenvalue weighted by molar-refractivity contribution is 7.98. The van der Waals surface area contributed by atoms with E-state index in [1.54, 1.807) is 35.4 Å². The van der Waals surface area contributed by atoms with E-state index in [0.717, 1.165) is 22.6 Å². The molecule has 0 atom stereocenters. The van der Waals surface area contributed by atoms with E-state index in [1.165, 1.54) is 36.0 Å². The minimum atomic E-state index is -4.58. The summed E-state index contributed by atoms with van der Waals surface area (Å²) < 4.78 is 55.1. The van der Waals surface area contributed by atoms with Gasteiger partial charge in [0.05, 0.1) is 36.9 Å². The summed E-state index contributed by atoms with van der Waals surface area (Å²) in [6.45, 7) is 3.18. The molecule has 6 nitrogen and oxygen atoms in total. The van der Waals surface area contributed by atoms with Crippen molar-refractivity contribution in [2.24, 2.45) is 0 Å². The number of carbonyl (C=O) groups excluding carboxylic acids is 1. The first-order valence-corrected chi connectivity index (χ1v) is 18.4. The number of carbonyl (C=O) groups is 1. The van der Waals surface area contributed by atoms with E-state index in [-0.39, 0.29) is 56.8 Å². The van der Waals surface area contributed by atoms with Crippen LogP contribution < -0.4 is 27.4 Å². The second-order valence-corrected chi connectivity index (χ2v) is 14.3. The molecule has 0 bridgehead atoms. The monoisotopic (exact) mass is 746 g/mol. The number of alkyl halides is 3. The third-order valence-electron chi connectivity index (χ3n) is 10.0. The van der Waals surface area contributed by atoms with Crippen LogP contribution in [-0.4, -0.2) is 112 Å². The quantitative estimate of drug-likeness (QED) is 0.0859. The molecule has 0 N–H and O–H groups in total. The lowest BCUT2D eigenvalue weighted by molar-refractivity contribution is -0.137. The smallest absolute Gasteiger partial charge is 0.348 e. The number of halogens is 4. The van der Waals surface area contributed by atoms with Gasteiger partial charge in [-0.2, -0.15) is 18.2 Å². The van der Waals surface area contributed by atoms with E-state index in [9.17, 15) is 27.2 Å². The van der Waals surface area contributed by atoms with Crippen LogP contribution in [0.25, 0.3) is 11.1 Å². The number of rotatable bonds is 13. The van der Waals surface area contributed by atoms with Gasteiger partial charge in [0.1, 0.15) is 43.7 Å². The van der Waals surface area contributed by atoms with E-state index >= 15 is 0 Å². The lowest BCUT2D eigenvalue weighted by Gasteiger charge is -2.57. The Kier molecular flexibility index (Phi) is 12.9. The minimum Gasteiger partial charge on any atom is -0.348 e. The summed E-state index contributed by atoms with van der Waals surface area (Å²) in [5, 5.41) is -4.18. The second-order valence-electron chi connectivity index (χ2n) is 13.4. The van der Waals surface area contributed by atoms with Crippen molar-refractivity contribution in [1.82, 2.24) is 19.4 Å². The van der Waals surface area contributed by atoms with E-state index in [2.05, 4.69) is 4.98 Å². The van der Waals surface area contributed by atoms with Gasteiger partial charge in [-0.25, -0.2) is 4.39 Å². The Hall–Kier alpha value is -3.44. The summed E-state index contributed by atoms with van der Waals surface area (Å²) in [7, 11) is 53.0. The molecule has 16 radical (unpaired) electrons. The Morgan fingerprint density at radius 2 is 1.44 bits per heavy atom. The number of benzene rings is 3. The largest absolute Gasteiger partial charge is 0.416 e. The van der Waals surface area contributed by atoms with Gasteiger partial charge in [0.25, 0.3) is 5.56 Å². The number of amides is 1. The van der Waals surface area contributed by atoms with Crippen molar-refractivity contribution < 1.29 is 22.4 Å². The molecule has 19 heteroatoms. The molecule has 1 aromatic heterocycles. The number of aromatic nitrogens is 2. The first kappa shape index (κ1) is 42.7. The van der Waals surface area contributed by atoms with Crippen LogP contribution in [0.5, 0.6) is 0 Å². The summed E-state index contributed by atoms with van der Waals surface area (Å²) >= 11 is 1.18. The molecule has 1 heterocycles. The van der Waals surface area contributed by atoms with Gasteiger partial charge < -0.3 is 14.4 Å². The maximum absolute atomic E-state index is 14.8. The van der Waals surface area contributed by atoms with E-state index in [0.29, 0.717) is 36.3 Å². The number of likely N-dealkylation sites (N-methyl/N-ethyl adjacent to an activating group) is 1. The Morgan fingerprint density at radius 1 is 0.855 bits per heavy atom. The highest BCUT2D eigenvalue weighted by Crippen LogP contribution is 2.32. The molecule has 0 aliphatic heterocycles. The molecular weight excluding hydrogens is 715 g/mol. The van der Waals surface area contributed by atoms with Crippen LogP contribution in [0.1, 0.15) is 48.2 Å². The van der Waals surface area contributed by atoms with Crippen LogP contribution in [0.15, 0.2) is 58.5 Å². The average molecular weight is 745 g/mol. The second kappa shape index (κ2) is 16.6. The molecule has 0 saturated carbocycles.